The van der Waals surface area contributed by atoms with Crippen molar-refractivity contribution in [3.05, 3.63) is 43.0 Å². The Morgan fingerprint density at radius 1 is 1.13 bits per heavy atom. The zero-order chi connectivity index (χ0) is 11.0. The molecular weight excluding hydrogens is 418 g/mol. The highest BCUT2D eigenvalue weighted by atomic mass is 127. The van der Waals surface area contributed by atoms with E-state index < -0.39 is 5.97 Å². The van der Waals surface area contributed by atoms with Crippen molar-refractivity contribution < 1.29 is 9.90 Å². The molecule has 0 spiro atoms. The summed E-state index contributed by atoms with van der Waals surface area (Å²) < 4.78 is 2.02. The molecule has 0 saturated carbocycles. The molecule has 2 aromatic rings. The molecule has 4 heteroatoms. The molecule has 0 atom stereocenters. The van der Waals surface area contributed by atoms with Crippen LogP contribution in [0.4, 0.5) is 0 Å². The molecule has 2 rings (SSSR count). The van der Waals surface area contributed by atoms with Crippen molar-refractivity contribution in [3.63, 3.8) is 0 Å². The van der Waals surface area contributed by atoms with Crippen molar-refractivity contribution in [1.29, 1.82) is 0 Å². The third-order valence-electron chi connectivity index (χ3n) is 2.14. The van der Waals surface area contributed by atoms with Crippen LogP contribution in [0.15, 0.2) is 30.3 Å². The van der Waals surface area contributed by atoms with Crippen LogP contribution in [0.25, 0.3) is 10.8 Å². The van der Waals surface area contributed by atoms with Gasteiger partial charge in [0, 0.05) is 7.14 Å². The summed E-state index contributed by atoms with van der Waals surface area (Å²) in [7, 11) is 0. The zero-order valence-electron chi connectivity index (χ0n) is 7.50. The fraction of sp³-hybridized carbons (Fsp3) is 0. The molecule has 0 aliphatic heterocycles. The molecule has 1 N–H and O–H groups in total. The number of carbonyl (C=O) groups is 1. The summed E-state index contributed by atoms with van der Waals surface area (Å²) in [6, 6.07) is 9.40. The summed E-state index contributed by atoms with van der Waals surface area (Å²) >= 11 is 4.36. The Labute approximate surface area is 114 Å². The Morgan fingerprint density at radius 2 is 1.87 bits per heavy atom. The average molecular weight is 424 g/mol. The van der Waals surface area contributed by atoms with Crippen molar-refractivity contribution in [2.75, 3.05) is 0 Å². The number of fused-ring (bicyclic) bond motifs is 1. The number of aromatic carboxylic acids is 1. The molecule has 0 bridgehead atoms. The van der Waals surface area contributed by atoms with Crippen molar-refractivity contribution in [1.82, 2.24) is 0 Å². The van der Waals surface area contributed by atoms with E-state index in [4.69, 9.17) is 5.11 Å². The number of hydrogen-bond donors (Lipinski definition) is 1. The summed E-state index contributed by atoms with van der Waals surface area (Å²) in [5.74, 6) is -0.875. The van der Waals surface area contributed by atoms with Gasteiger partial charge in [-0.1, -0.05) is 12.1 Å². The molecule has 0 aromatic heterocycles. The van der Waals surface area contributed by atoms with Gasteiger partial charge in [-0.05, 0) is 74.2 Å². The van der Waals surface area contributed by atoms with Crippen LogP contribution in [0.2, 0.25) is 0 Å². The molecule has 0 amide bonds. The quantitative estimate of drug-likeness (QED) is 0.709. The monoisotopic (exact) mass is 424 g/mol. The van der Waals surface area contributed by atoms with Crippen LogP contribution in [0.3, 0.4) is 0 Å². The number of benzene rings is 2. The SMILES string of the molecule is O=C(O)c1cc(I)cc2c(I)cccc12. The Balaban J connectivity index is 2.92. The molecule has 0 unspecified atom stereocenters. The van der Waals surface area contributed by atoms with Gasteiger partial charge < -0.3 is 5.11 Å². The van der Waals surface area contributed by atoms with Crippen LogP contribution in [-0.4, -0.2) is 11.1 Å². The third kappa shape index (κ3) is 2.10. The van der Waals surface area contributed by atoms with Crippen molar-refractivity contribution in [2.24, 2.45) is 0 Å². The van der Waals surface area contributed by atoms with E-state index in [9.17, 15) is 4.79 Å². The molecule has 0 radical (unpaired) electrons. The lowest BCUT2D eigenvalue weighted by molar-refractivity contribution is 0.0699. The molecule has 0 heterocycles. The first-order valence-corrected chi connectivity index (χ1v) is 6.36. The second-order valence-electron chi connectivity index (χ2n) is 3.09. The molecule has 76 valence electrons. The topological polar surface area (TPSA) is 37.3 Å². The predicted molar refractivity (Wildman–Crippen MR) is 76.3 cm³/mol. The molecule has 0 aliphatic carbocycles. The summed E-state index contributed by atoms with van der Waals surface area (Å²) in [6.07, 6.45) is 0. The molecule has 0 saturated heterocycles. The molecular formula is C11H6I2O2. The summed E-state index contributed by atoms with van der Waals surface area (Å²) in [6.45, 7) is 0. The van der Waals surface area contributed by atoms with E-state index in [0.717, 1.165) is 17.9 Å². The second kappa shape index (κ2) is 4.25. The van der Waals surface area contributed by atoms with Gasteiger partial charge >= 0.3 is 5.97 Å². The fourth-order valence-corrected chi connectivity index (χ4v) is 2.77. The maximum absolute atomic E-state index is 11.1. The normalized spacial score (nSPS) is 10.5. The van der Waals surface area contributed by atoms with Crippen molar-refractivity contribution >= 4 is 61.9 Å². The third-order valence-corrected chi connectivity index (χ3v) is 3.70. The molecule has 2 aromatic carbocycles. The van der Waals surface area contributed by atoms with Gasteiger partial charge in [-0.25, -0.2) is 4.79 Å². The van der Waals surface area contributed by atoms with Gasteiger partial charge in [0.15, 0.2) is 0 Å². The summed E-state index contributed by atoms with van der Waals surface area (Å²) in [5, 5.41) is 10.9. The number of rotatable bonds is 1. The first kappa shape index (κ1) is 11.1. The van der Waals surface area contributed by atoms with Crippen molar-refractivity contribution in [2.45, 2.75) is 0 Å². The summed E-state index contributed by atoms with van der Waals surface area (Å²) in [5.41, 5.74) is 0.371. The predicted octanol–water partition coefficient (Wildman–Crippen LogP) is 3.75. The van der Waals surface area contributed by atoms with Crippen molar-refractivity contribution in [3.8, 4) is 0 Å². The largest absolute Gasteiger partial charge is 0.478 e. The van der Waals surface area contributed by atoms with Crippen LogP contribution in [-0.2, 0) is 0 Å². The molecule has 2 nitrogen and oxygen atoms in total. The number of carboxylic acids is 1. The van der Waals surface area contributed by atoms with E-state index >= 15 is 0 Å². The van der Waals surface area contributed by atoms with Gasteiger partial charge in [0.05, 0.1) is 5.56 Å². The number of carboxylic acid groups (broad SMARTS) is 1. The smallest absolute Gasteiger partial charge is 0.336 e. The fourth-order valence-electron chi connectivity index (χ4n) is 1.49. The minimum Gasteiger partial charge on any atom is -0.478 e. The Bertz CT molecular complexity index is 550. The van der Waals surface area contributed by atoms with Crippen LogP contribution in [0, 0.1) is 7.14 Å². The molecule has 0 fully saturated rings. The highest BCUT2D eigenvalue weighted by molar-refractivity contribution is 14.1. The Kier molecular flexibility index (Phi) is 3.15. The van der Waals surface area contributed by atoms with Crippen LogP contribution >= 0.6 is 45.2 Å². The maximum Gasteiger partial charge on any atom is 0.336 e. The molecule has 0 aliphatic rings. The van der Waals surface area contributed by atoms with E-state index in [1.807, 2.05) is 24.3 Å². The minimum atomic E-state index is -0.875. The Morgan fingerprint density at radius 3 is 2.53 bits per heavy atom. The maximum atomic E-state index is 11.1. The lowest BCUT2D eigenvalue weighted by Gasteiger charge is -2.05. The lowest BCUT2D eigenvalue weighted by Crippen LogP contribution is -1.98. The van der Waals surface area contributed by atoms with E-state index in [2.05, 4.69) is 45.2 Å². The minimum absolute atomic E-state index is 0.371. The first-order valence-electron chi connectivity index (χ1n) is 4.20. The van der Waals surface area contributed by atoms with Gasteiger partial charge in [-0.2, -0.15) is 0 Å². The van der Waals surface area contributed by atoms with Gasteiger partial charge in [-0.3, -0.25) is 0 Å². The van der Waals surface area contributed by atoms with Gasteiger partial charge in [0.25, 0.3) is 0 Å². The molecule has 15 heavy (non-hydrogen) atoms. The highest BCUT2D eigenvalue weighted by Gasteiger charge is 2.10. The summed E-state index contributed by atoms with van der Waals surface area (Å²) in [4.78, 5) is 11.1. The van der Waals surface area contributed by atoms with Crippen LogP contribution in [0.1, 0.15) is 10.4 Å². The highest BCUT2D eigenvalue weighted by Crippen LogP contribution is 2.26. The van der Waals surface area contributed by atoms with E-state index in [0.29, 0.717) is 5.56 Å². The Hall–Kier alpha value is -0.370. The number of halogens is 2. The van der Waals surface area contributed by atoms with Crippen LogP contribution in [0.5, 0.6) is 0 Å². The van der Waals surface area contributed by atoms with E-state index in [1.54, 1.807) is 6.07 Å². The average Bonchev–Trinajstić information content (AvgIpc) is 2.18. The van der Waals surface area contributed by atoms with E-state index in [-0.39, 0.29) is 0 Å². The van der Waals surface area contributed by atoms with Gasteiger partial charge in [0.1, 0.15) is 0 Å². The lowest BCUT2D eigenvalue weighted by atomic mass is 10.1. The van der Waals surface area contributed by atoms with Gasteiger partial charge in [-0.15, -0.1) is 0 Å². The standard InChI is InChI=1S/C11H6I2O2/c12-6-4-8-7(2-1-3-10(8)13)9(5-6)11(14)15/h1-5H,(H,14,15). The second-order valence-corrected chi connectivity index (χ2v) is 5.50. The number of hydrogen-bond acceptors (Lipinski definition) is 1. The van der Waals surface area contributed by atoms with Crippen LogP contribution < -0.4 is 0 Å². The first-order chi connectivity index (χ1) is 7.09. The van der Waals surface area contributed by atoms with Gasteiger partial charge in [0.2, 0.25) is 0 Å². The zero-order valence-corrected chi connectivity index (χ0v) is 11.8. The van der Waals surface area contributed by atoms with E-state index in [1.165, 1.54) is 0 Å².